The number of aromatic amines is 1. The topological polar surface area (TPSA) is 98.3 Å². The number of carbonyl (C=O) groups is 2. The normalized spacial score (nSPS) is 10.8. The summed E-state index contributed by atoms with van der Waals surface area (Å²) in [6.45, 7) is 2.80. The van der Waals surface area contributed by atoms with Gasteiger partial charge in [-0.2, -0.15) is 0 Å². The number of aryl methyl sites for hydroxylation is 1. The summed E-state index contributed by atoms with van der Waals surface area (Å²) in [5, 5.41) is 0.345. The molecule has 0 atom stereocenters. The Labute approximate surface area is 156 Å². The number of nitrogens with one attached hydrogen (secondary N) is 1. The molecule has 140 valence electrons. The number of thiophene rings is 1. The molecule has 0 radical (unpaired) electrons. The summed E-state index contributed by atoms with van der Waals surface area (Å²) >= 11 is 1.11. The molecule has 0 fully saturated rings. The lowest BCUT2D eigenvalue weighted by atomic mass is 10.2. The smallest absolute Gasteiger partial charge is 0.338 e. The van der Waals surface area contributed by atoms with Crippen LogP contribution < -0.4 is 10.3 Å². The van der Waals surface area contributed by atoms with E-state index in [0.717, 1.165) is 17.4 Å². The summed E-state index contributed by atoms with van der Waals surface area (Å²) in [5.41, 5.74) is 0.166. The molecule has 0 amide bonds. The summed E-state index contributed by atoms with van der Waals surface area (Å²) in [7, 11) is 1.32. The fraction of sp³-hybridized carbons (Fsp3) is 0.222. The van der Waals surface area contributed by atoms with Gasteiger partial charge in [-0.25, -0.2) is 14.2 Å². The Morgan fingerprint density at radius 3 is 2.70 bits per heavy atom. The van der Waals surface area contributed by atoms with Crippen molar-refractivity contribution in [2.24, 2.45) is 0 Å². The van der Waals surface area contributed by atoms with Gasteiger partial charge in [0, 0.05) is 0 Å². The van der Waals surface area contributed by atoms with E-state index < -0.39 is 17.3 Å². The molecule has 3 aromatic rings. The lowest BCUT2D eigenvalue weighted by Crippen LogP contribution is -2.14. The molecule has 7 nitrogen and oxygen atoms in total. The van der Waals surface area contributed by atoms with Crippen LogP contribution >= 0.6 is 11.3 Å². The fourth-order valence-corrected chi connectivity index (χ4v) is 3.70. The number of fused-ring (bicyclic) bond motifs is 1. The van der Waals surface area contributed by atoms with Gasteiger partial charge in [0.05, 0.1) is 22.9 Å². The van der Waals surface area contributed by atoms with Crippen LogP contribution in [0.3, 0.4) is 0 Å². The first-order valence-electron chi connectivity index (χ1n) is 7.85. The van der Waals surface area contributed by atoms with E-state index in [9.17, 15) is 18.8 Å². The summed E-state index contributed by atoms with van der Waals surface area (Å²) in [5.74, 6) is -1.47. The van der Waals surface area contributed by atoms with Gasteiger partial charge < -0.3 is 14.5 Å². The number of ether oxygens (including phenoxy) is 2. The maximum Gasteiger partial charge on any atom is 0.338 e. The fourth-order valence-electron chi connectivity index (χ4n) is 2.60. The SMILES string of the molecule is COc1ccc(C(=O)OCc2nc3sc(C(C)=O)c(C)c3c(=O)[nH]2)cc1F. The van der Waals surface area contributed by atoms with Crippen molar-refractivity contribution in [3.05, 3.63) is 56.2 Å². The zero-order valence-corrected chi connectivity index (χ0v) is 15.5. The van der Waals surface area contributed by atoms with E-state index in [0.29, 0.717) is 20.7 Å². The maximum absolute atomic E-state index is 13.7. The summed E-state index contributed by atoms with van der Waals surface area (Å²) in [6, 6.07) is 3.68. The van der Waals surface area contributed by atoms with Crippen LogP contribution in [0.5, 0.6) is 5.75 Å². The number of rotatable bonds is 5. The Balaban J connectivity index is 1.83. The van der Waals surface area contributed by atoms with Gasteiger partial charge >= 0.3 is 5.97 Å². The molecule has 0 aliphatic rings. The lowest BCUT2D eigenvalue weighted by Gasteiger charge is -2.06. The average molecular weight is 390 g/mol. The molecule has 0 aliphatic carbocycles. The van der Waals surface area contributed by atoms with Gasteiger partial charge in [0.1, 0.15) is 17.3 Å². The second-order valence-corrected chi connectivity index (χ2v) is 6.73. The Bertz CT molecular complexity index is 1120. The van der Waals surface area contributed by atoms with Crippen LogP contribution in [0.1, 0.15) is 38.3 Å². The van der Waals surface area contributed by atoms with Crippen molar-refractivity contribution in [1.82, 2.24) is 9.97 Å². The number of carbonyl (C=O) groups excluding carboxylic acids is 2. The summed E-state index contributed by atoms with van der Waals surface area (Å²) in [4.78, 5) is 43.6. The average Bonchev–Trinajstić information content (AvgIpc) is 2.97. The number of H-pyrrole nitrogens is 1. The van der Waals surface area contributed by atoms with Gasteiger partial charge in [-0.3, -0.25) is 9.59 Å². The van der Waals surface area contributed by atoms with Crippen LogP contribution in [0.4, 0.5) is 4.39 Å². The van der Waals surface area contributed by atoms with Gasteiger partial charge in [0.25, 0.3) is 5.56 Å². The van der Waals surface area contributed by atoms with Crippen molar-refractivity contribution < 1.29 is 23.5 Å². The maximum atomic E-state index is 13.7. The first-order valence-corrected chi connectivity index (χ1v) is 8.67. The van der Waals surface area contributed by atoms with Crippen molar-refractivity contribution >= 4 is 33.3 Å². The number of halogens is 1. The molecule has 0 unspecified atom stereocenters. The number of aromatic nitrogens is 2. The van der Waals surface area contributed by atoms with E-state index in [1.54, 1.807) is 6.92 Å². The quantitative estimate of drug-likeness (QED) is 0.531. The van der Waals surface area contributed by atoms with Gasteiger partial charge in [0.15, 0.2) is 17.3 Å². The van der Waals surface area contributed by atoms with Crippen LogP contribution in [0, 0.1) is 12.7 Å². The first kappa shape index (κ1) is 18.7. The Kier molecular flexibility index (Phi) is 5.04. The minimum Gasteiger partial charge on any atom is -0.494 e. The second kappa shape index (κ2) is 7.28. The van der Waals surface area contributed by atoms with Crippen molar-refractivity contribution in [3.63, 3.8) is 0 Å². The molecule has 27 heavy (non-hydrogen) atoms. The first-order chi connectivity index (χ1) is 12.8. The predicted octanol–water partition coefficient (Wildman–Crippen LogP) is 3.00. The van der Waals surface area contributed by atoms with E-state index in [4.69, 9.17) is 9.47 Å². The highest BCUT2D eigenvalue weighted by molar-refractivity contribution is 7.20. The number of esters is 1. The number of ketones is 1. The highest BCUT2D eigenvalue weighted by Crippen LogP contribution is 2.27. The standard InChI is InChI=1S/C18H15FN2O5S/c1-8-14-16(23)20-13(21-17(14)27-15(8)9(2)22)7-26-18(24)10-4-5-12(25-3)11(19)6-10/h4-6H,7H2,1-3H3,(H,20,21,23). The predicted molar refractivity (Wildman–Crippen MR) is 97.1 cm³/mol. The lowest BCUT2D eigenvalue weighted by molar-refractivity contribution is 0.0461. The minimum absolute atomic E-state index is 0.00237. The molecule has 0 aliphatic heterocycles. The third-order valence-corrected chi connectivity index (χ3v) is 5.18. The monoisotopic (exact) mass is 390 g/mol. The molecule has 3 rings (SSSR count). The van der Waals surface area contributed by atoms with Crippen LogP contribution in [-0.2, 0) is 11.3 Å². The van der Waals surface area contributed by atoms with Crippen LogP contribution in [0.15, 0.2) is 23.0 Å². The Morgan fingerprint density at radius 2 is 2.07 bits per heavy atom. The molecule has 9 heteroatoms. The third-order valence-electron chi connectivity index (χ3n) is 3.90. The van der Waals surface area contributed by atoms with E-state index in [2.05, 4.69) is 9.97 Å². The molecule has 1 N–H and O–H groups in total. The summed E-state index contributed by atoms with van der Waals surface area (Å²) < 4.78 is 23.6. The van der Waals surface area contributed by atoms with Crippen molar-refractivity contribution in [1.29, 1.82) is 0 Å². The third kappa shape index (κ3) is 3.59. The number of benzene rings is 1. The van der Waals surface area contributed by atoms with E-state index in [-0.39, 0.29) is 29.5 Å². The van der Waals surface area contributed by atoms with Crippen molar-refractivity contribution in [3.8, 4) is 5.75 Å². The van der Waals surface area contributed by atoms with Crippen molar-refractivity contribution in [2.75, 3.05) is 7.11 Å². The Hall–Kier alpha value is -3.07. The van der Waals surface area contributed by atoms with Gasteiger partial charge in [0.2, 0.25) is 0 Å². The molecular formula is C18H15FN2O5S. The van der Waals surface area contributed by atoms with Crippen LogP contribution in [-0.4, -0.2) is 28.8 Å². The van der Waals surface area contributed by atoms with Crippen LogP contribution in [0.2, 0.25) is 0 Å². The van der Waals surface area contributed by atoms with E-state index in [1.807, 2.05) is 0 Å². The molecule has 0 saturated heterocycles. The number of methoxy groups -OCH3 is 1. The molecule has 0 spiro atoms. The molecule has 2 heterocycles. The van der Waals surface area contributed by atoms with Crippen LogP contribution in [0.25, 0.3) is 10.2 Å². The largest absolute Gasteiger partial charge is 0.494 e. The second-order valence-electron chi connectivity index (χ2n) is 5.73. The number of hydrogen-bond acceptors (Lipinski definition) is 7. The molecule has 0 bridgehead atoms. The number of hydrogen-bond donors (Lipinski definition) is 1. The van der Waals surface area contributed by atoms with Gasteiger partial charge in [-0.1, -0.05) is 0 Å². The zero-order valence-electron chi connectivity index (χ0n) is 14.7. The zero-order chi connectivity index (χ0) is 19.7. The Morgan fingerprint density at radius 1 is 1.33 bits per heavy atom. The highest BCUT2D eigenvalue weighted by Gasteiger charge is 2.18. The molecule has 2 aromatic heterocycles. The molecule has 0 saturated carbocycles. The van der Waals surface area contributed by atoms with E-state index >= 15 is 0 Å². The molecular weight excluding hydrogens is 375 g/mol. The minimum atomic E-state index is -0.772. The van der Waals surface area contributed by atoms with Crippen molar-refractivity contribution in [2.45, 2.75) is 20.5 Å². The molecule has 1 aromatic carbocycles. The van der Waals surface area contributed by atoms with E-state index in [1.165, 1.54) is 26.2 Å². The van der Waals surface area contributed by atoms with Gasteiger partial charge in [-0.15, -0.1) is 11.3 Å². The number of Topliss-reactive ketones (excluding diaryl/α,β-unsaturated/α-hetero) is 1. The number of nitrogens with zero attached hydrogens (tertiary/aromatic N) is 1. The highest BCUT2D eigenvalue weighted by atomic mass is 32.1. The summed E-state index contributed by atoms with van der Waals surface area (Å²) in [6.07, 6.45) is 0. The van der Waals surface area contributed by atoms with Gasteiger partial charge in [-0.05, 0) is 37.6 Å².